The van der Waals surface area contributed by atoms with E-state index in [-0.39, 0.29) is 19.0 Å². The summed E-state index contributed by atoms with van der Waals surface area (Å²) < 4.78 is 10.5. The summed E-state index contributed by atoms with van der Waals surface area (Å²) in [4.78, 5) is 21.5. The van der Waals surface area contributed by atoms with Crippen LogP contribution in [0.5, 0.6) is 11.5 Å². The van der Waals surface area contributed by atoms with Crippen LogP contribution in [0.3, 0.4) is 0 Å². The number of carbonyl (C=O) groups is 2. The third kappa shape index (κ3) is 6.26. The lowest BCUT2D eigenvalue weighted by atomic mass is 10.1. The Morgan fingerprint density at radius 3 is 1.62 bits per heavy atom. The number of rotatable bonds is 8. The van der Waals surface area contributed by atoms with Gasteiger partial charge >= 0.3 is 0 Å². The Hall–Kier alpha value is -2.59. The van der Waals surface area contributed by atoms with E-state index in [1.165, 1.54) is 6.92 Å². The van der Waals surface area contributed by atoms with Gasteiger partial charge in [0.25, 0.3) is 5.24 Å². The molecule has 0 fully saturated rings. The van der Waals surface area contributed by atoms with Crippen LogP contribution in [0.4, 0.5) is 0 Å². The predicted octanol–water partition coefficient (Wildman–Crippen LogP) is 3.97. The van der Waals surface area contributed by atoms with Crippen molar-refractivity contribution in [2.24, 2.45) is 0 Å². The lowest BCUT2D eigenvalue weighted by Gasteiger charge is -2.04. The van der Waals surface area contributed by atoms with E-state index in [2.05, 4.69) is 0 Å². The monoisotopic (exact) mass is 344 g/mol. The highest BCUT2D eigenvalue weighted by atomic mass is 35.5. The van der Waals surface area contributed by atoms with Crippen molar-refractivity contribution in [2.75, 3.05) is 13.2 Å². The van der Waals surface area contributed by atoms with Crippen LogP contribution in [0.15, 0.2) is 48.5 Å². The molecule has 5 heteroatoms. The molecule has 2 aromatic carbocycles. The lowest BCUT2D eigenvalue weighted by molar-refractivity contribution is -0.119. The van der Waals surface area contributed by atoms with Gasteiger partial charge < -0.3 is 9.47 Å². The molecule has 0 bridgehead atoms. The van der Waals surface area contributed by atoms with Crippen molar-refractivity contribution >= 4 is 34.8 Å². The Labute approximate surface area is 145 Å². The topological polar surface area (TPSA) is 52.6 Å². The molecule has 0 aliphatic rings. The fourth-order valence-corrected chi connectivity index (χ4v) is 1.92. The Bertz CT molecular complexity index is 655. The highest BCUT2D eigenvalue weighted by Crippen LogP contribution is 2.17. The summed E-state index contributed by atoms with van der Waals surface area (Å²) >= 11 is 5.22. The van der Waals surface area contributed by atoms with E-state index in [4.69, 9.17) is 21.1 Å². The van der Waals surface area contributed by atoms with Gasteiger partial charge in [0.2, 0.25) is 0 Å². The summed E-state index contributed by atoms with van der Waals surface area (Å²) in [6.07, 6.45) is 3.93. The fraction of sp³-hybridized carbons (Fsp3) is 0.158. The van der Waals surface area contributed by atoms with E-state index < -0.39 is 5.24 Å². The molecule has 0 spiro atoms. The fourth-order valence-electron chi connectivity index (χ4n) is 1.87. The molecular formula is C19H17ClO4. The first-order chi connectivity index (χ1) is 11.5. The Morgan fingerprint density at radius 2 is 1.25 bits per heavy atom. The smallest absolute Gasteiger partial charge is 0.259 e. The van der Waals surface area contributed by atoms with Crippen molar-refractivity contribution in [3.63, 3.8) is 0 Å². The van der Waals surface area contributed by atoms with Gasteiger partial charge in [0.05, 0.1) is 0 Å². The molecular weight excluding hydrogens is 328 g/mol. The first kappa shape index (κ1) is 17.8. The molecule has 0 saturated carbocycles. The van der Waals surface area contributed by atoms with Crippen molar-refractivity contribution in [3.8, 4) is 11.5 Å². The molecule has 0 radical (unpaired) electrons. The first-order valence-electron chi connectivity index (χ1n) is 7.34. The quantitative estimate of drug-likeness (QED) is 0.537. The van der Waals surface area contributed by atoms with E-state index in [0.717, 1.165) is 11.1 Å². The van der Waals surface area contributed by atoms with Gasteiger partial charge in [-0.05, 0) is 53.9 Å². The molecule has 2 aromatic rings. The van der Waals surface area contributed by atoms with Crippen LogP contribution in [0.1, 0.15) is 18.1 Å². The van der Waals surface area contributed by atoms with Crippen LogP contribution in [-0.2, 0) is 9.59 Å². The summed E-state index contributed by atoms with van der Waals surface area (Å²) in [6, 6.07) is 14.8. The molecule has 0 amide bonds. The number of ether oxygens (including phenoxy) is 2. The van der Waals surface area contributed by atoms with Gasteiger partial charge in [-0.3, -0.25) is 9.59 Å². The maximum atomic E-state index is 10.9. The average molecular weight is 345 g/mol. The number of ketones is 1. The van der Waals surface area contributed by atoms with Crippen LogP contribution < -0.4 is 9.47 Å². The molecule has 4 nitrogen and oxygen atoms in total. The molecule has 2 rings (SSSR count). The average Bonchev–Trinajstić information content (AvgIpc) is 2.58. The molecule has 0 aromatic heterocycles. The highest BCUT2D eigenvalue weighted by Gasteiger charge is 1.99. The third-order valence-corrected chi connectivity index (χ3v) is 3.13. The summed E-state index contributed by atoms with van der Waals surface area (Å²) in [5.41, 5.74) is 2.01. The van der Waals surface area contributed by atoms with Gasteiger partial charge in [0.1, 0.15) is 18.1 Å². The molecule has 0 heterocycles. The van der Waals surface area contributed by atoms with Gasteiger partial charge in [0, 0.05) is 0 Å². The van der Waals surface area contributed by atoms with E-state index >= 15 is 0 Å². The summed E-state index contributed by atoms with van der Waals surface area (Å²) in [6.45, 7) is 1.43. The SMILES string of the molecule is CC(=O)COc1ccc(/C=C/c2ccc(OCC(=O)Cl)cc2)cc1. The van der Waals surface area contributed by atoms with Crippen molar-refractivity contribution in [3.05, 3.63) is 59.7 Å². The second-order valence-electron chi connectivity index (χ2n) is 5.11. The largest absolute Gasteiger partial charge is 0.486 e. The number of carbonyl (C=O) groups excluding carboxylic acids is 2. The third-order valence-electron chi connectivity index (χ3n) is 3.02. The second-order valence-corrected chi connectivity index (χ2v) is 5.53. The second kappa shape index (κ2) is 8.89. The minimum atomic E-state index is -0.533. The van der Waals surface area contributed by atoms with Gasteiger partial charge in [-0.25, -0.2) is 0 Å². The van der Waals surface area contributed by atoms with Crippen molar-refractivity contribution in [1.82, 2.24) is 0 Å². The lowest BCUT2D eigenvalue weighted by Crippen LogP contribution is -2.06. The molecule has 0 N–H and O–H groups in total. The van der Waals surface area contributed by atoms with Crippen molar-refractivity contribution in [1.29, 1.82) is 0 Å². The Morgan fingerprint density at radius 1 is 0.833 bits per heavy atom. The Kier molecular flexibility index (Phi) is 6.58. The zero-order valence-electron chi connectivity index (χ0n) is 13.2. The van der Waals surface area contributed by atoms with Crippen molar-refractivity contribution < 1.29 is 19.1 Å². The Balaban J connectivity index is 1.92. The van der Waals surface area contributed by atoms with Gasteiger partial charge in [-0.1, -0.05) is 36.4 Å². The predicted molar refractivity (Wildman–Crippen MR) is 94.3 cm³/mol. The zero-order chi connectivity index (χ0) is 17.4. The van der Waals surface area contributed by atoms with Crippen LogP contribution in [0.25, 0.3) is 12.2 Å². The number of halogens is 1. The van der Waals surface area contributed by atoms with E-state index in [9.17, 15) is 9.59 Å². The zero-order valence-corrected chi connectivity index (χ0v) is 14.0. The first-order valence-corrected chi connectivity index (χ1v) is 7.72. The normalized spacial score (nSPS) is 10.6. The summed E-state index contributed by atoms with van der Waals surface area (Å²) in [5.74, 6) is 1.24. The van der Waals surface area contributed by atoms with Gasteiger partial charge in [-0.2, -0.15) is 0 Å². The van der Waals surface area contributed by atoms with E-state index in [1.807, 2.05) is 48.6 Å². The van der Waals surface area contributed by atoms with Crippen LogP contribution in [0, 0.1) is 0 Å². The standard InChI is InChI=1S/C19H17ClO4/c1-14(21)12-23-17-8-4-15(5-9-17)2-3-16-6-10-18(11-7-16)24-13-19(20)22/h2-11H,12-13H2,1H3/b3-2+. The molecule has 0 aliphatic heterocycles. The minimum absolute atomic E-state index is 0.0122. The summed E-state index contributed by atoms with van der Waals surface area (Å²) in [5, 5.41) is -0.533. The molecule has 0 unspecified atom stereocenters. The number of hydrogen-bond acceptors (Lipinski definition) is 4. The number of hydrogen-bond donors (Lipinski definition) is 0. The highest BCUT2D eigenvalue weighted by molar-refractivity contribution is 6.63. The van der Waals surface area contributed by atoms with Crippen LogP contribution in [0.2, 0.25) is 0 Å². The van der Waals surface area contributed by atoms with E-state index in [1.54, 1.807) is 12.1 Å². The van der Waals surface area contributed by atoms with Gasteiger partial charge in [0.15, 0.2) is 12.4 Å². The van der Waals surface area contributed by atoms with E-state index in [0.29, 0.717) is 11.5 Å². The number of benzene rings is 2. The molecule has 124 valence electrons. The van der Waals surface area contributed by atoms with Gasteiger partial charge in [-0.15, -0.1) is 0 Å². The maximum Gasteiger partial charge on any atom is 0.259 e. The molecule has 24 heavy (non-hydrogen) atoms. The number of Topliss-reactive ketones (excluding diaryl/α,β-unsaturated/α-hetero) is 1. The molecule has 0 aliphatic carbocycles. The molecule has 0 saturated heterocycles. The van der Waals surface area contributed by atoms with Crippen LogP contribution in [-0.4, -0.2) is 24.2 Å². The molecule has 0 atom stereocenters. The van der Waals surface area contributed by atoms with Crippen LogP contribution >= 0.6 is 11.6 Å². The maximum absolute atomic E-state index is 10.9. The minimum Gasteiger partial charge on any atom is -0.486 e. The summed E-state index contributed by atoms with van der Waals surface area (Å²) in [7, 11) is 0. The van der Waals surface area contributed by atoms with Crippen molar-refractivity contribution in [2.45, 2.75) is 6.92 Å².